The van der Waals surface area contributed by atoms with Gasteiger partial charge >= 0.3 is 0 Å². The van der Waals surface area contributed by atoms with E-state index in [9.17, 15) is 34.7 Å². The molecule has 4 rings (SSSR count). The van der Waals surface area contributed by atoms with E-state index in [1.54, 1.807) is 24.1 Å². The Morgan fingerprint density at radius 3 is 2.18 bits per heavy atom. The molecule has 1 amide bonds. The molecule has 7 unspecified atom stereocenters. The van der Waals surface area contributed by atoms with Crippen LogP contribution in [0.15, 0.2) is 84.9 Å². The van der Waals surface area contributed by atoms with Crippen molar-refractivity contribution in [2.45, 2.75) is 82.0 Å². The summed E-state index contributed by atoms with van der Waals surface area (Å²) < 4.78 is 19.6. The third-order valence-electron chi connectivity index (χ3n) is 9.46. The molecule has 0 bridgehead atoms. The number of carbonyl (C=O) groups is 1. The van der Waals surface area contributed by atoms with Gasteiger partial charge in [-0.05, 0) is 100 Å². The van der Waals surface area contributed by atoms with Crippen LogP contribution in [-0.2, 0) is 4.79 Å². The Morgan fingerprint density at radius 1 is 0.863 bits per heavy atom. The van der Waals surface area contributed by atoms with E-state index < -0.39 is 37.1 Å². The summed E-state index contributed by atoms with van der Waals surface area (Å²) in [6.45, 7) is 2.57. The van der Waals surface area contributed by atoms with Gasteiger partial charge in [-0.1, -0.05) is 54.1 Å². The van der Waals surface area contributed by atoms with Crippen molar-refractivity contribution in [3.05, 3.63) is 107 Å². The predicted molar refractivity (Wildman–Crippen MR) is 194 cm³/mol. The highest BCUT2D eigenvalue weighted by molar-refractivity contribution is 6.03. The minimum Gasteiger partial charge on any atom is -0.494 e. The molecule has 11 heteroatoms. The van der Waals surface area contributed by atoms with Crippen molar-refractivity contribution in [1.29, 1.82) is 0 Å². The van der Waals surface area contributed by atoms with Crippen molar-refractivity contribution >= 4 is 11.6 Å². The molecule has 0 saturated carbocycles. The molecule has 1 aliphatic rings. The molecular formula is C40H53FN2O8. The van der Waals surface area contributed by atoms with E-state index in [0.29, 0.717) is 31.7 Å². The van der Waals surface area contributed by atoms with E-state index in [4.69, 9.17) is 9.84 Å². The Bertz CT molecular complexity index is 1500. The van der Waals surface area contributed by atoms with Crippen molar-refractivity contribution < 1.29 is 44.6 Å². The zero-order valence-electron chi connectivity index (χ0n) is 29.5. The second-order valence-corrected chi connectivity index (χ2v) is 13.5. The van der Waals surface area contributed by atoms with Crippen LogP contribution in [0.3, 0.4) is 0 Å². The molecule has 3 aromatic carbocycles. The van der Waals surface area contributed by atoms with Gasteiger partial charge in [0.15, 0.2) is 0 Å². The number of unbranched alkanes of at least 4 members (excludes halogenated alkanes) is 2. The molecule has 278 valence electrons. The van der Waals surface area contributed by atoms with Crippen LogP contribution in [0.5, 0.6) is 5.75 Å². The lowest BCUT2D eigenvalue weighted by Crippen LogP contribution is -2.55. The molecule has 10 nitrogen and oxygen atoms in total. The molecule has 7 atom stereocenters. The van der Waals surface area contributed by atoms with Crippen LogP contribution in [0, 0.1) is 18.7 Å². The van der Waals surface area contributed by atoms with Crippen LogP contribution in [0.25, 0.3) is 0 Å². The molecule has 0 aliphatic carbocycles. The lowest BCUT2D eigenvalue weighted by Gasteiger charge is -2.48. The fourth-order valence-electron chi connectivity index (χ4n) is 6.32. The number of benzene rings is 3. The second kappa shape index (κ2) is 19.8. The molecule has 1 saturated heterocycles. The fourth-order valence-corrected chi connectivity index (χ4v) is 6.32. The molecular weight excluding hydrogens is 655 g/mol. The number of anilines is 1. The Hall–Kier alpha value is -3.68. The first-order valence-corrected chi connectivity index (χ1v) is 17.7. The highest BCUT2D eigenvalue weighted by atomic mass is 19.1. The Morgan fingerprint density at radius 2 is 1.51 bits per heavy atom. The smallest absolute Gasteiger partial charge is 0.233 e. The Kier molecular flexibility index (Phi) is 15.6. The maximum Gasteiger partial charge on any atom is 0.233 e. The minimum absolute atomic E-state index is 0.0460. The molecule has 0 radical (unpaired) electrons. The first-order chi connectivity index (χ1) is 24.5. The van der Waals surface area contributed by atoms with Crippen LogP contribution in [-0.4, -0.2) is 99.2 Å². The quantitative estimate of drug-likeness (QED) is 0.0543. The fraction of sp³-hybridized carbons (Fsp3) is 0.475. The van der Waals surface area contributed by atoms with E-state index in [1.165, 1.54) is 12.1 Å². The first-order valence-electron chi connectivity index (χ1n) is 17.7. The number of carbonyl (C=O) groups excluding carboxylic acids is 1. The molecule has 3 aromatic rings. The second-order valence-electron chi connectivity index (χ2n) is 13.5. The van der Waals surface area contributed by atoms with Gasteiger partial charge in [-0.2, -0.15) is 0 Å². The largest absolute Gasteiger partial charge is 0.494 e. The molecule has 0 aromatic heterocycles. The van der Waals surface area contributed by atoms with Gasteiger partial charge in [0.1, 0.15) is 29.9 Å². The molecule has 0 spiro atoms. The number of hydrogen-bond donors (Lipinski definition) is 6. The lowest BCUT2D eigenvalue weighted by molar-refractivity contribution is -0.131. The zero-order valence-corrected chi connectivity index (χ0v) is 29.5. The van der Waals surface area contributed by atoms with Crippen LogP contribution in [0.2, 0.25) is 0 Å². The highest BCUT2D eigenvalue weighted by Gasteiger charge is 2.48. The Labute approximate surface area is 300 Å². The number of amides is 1. The molecule has 6 N–H and O–H groups in total. The van der Waals surface area contributed by atoms with Gasteiger partial charge in [-0.15, -0.1) is 0 Å². The molecule has 51 heavy (non-hydrogen) atoms. The summed E-state index contributed by atoms with van der Waals surface area (Å²) in [7, 11) is 1.78. The summed E-state index contributed by atoms with van der Waals surface area (Å²) in [4.78, 5) is 16.9. The van der Waals surface area contributed by atoms with Crippen LogP contribution >= 0.6 is 0 Å². The molecule has 1 heterocycles. The van der Waals surface area contributed by atoms with Crippen molar-refractivity contribution in [3.63, 3.8) is 0 Å². The van der Waals surface area contributed by atoms with Crippen LogP contribution < -0.4 is 9.64 Å². The van der Waals surface area contributed by atoms with Crippen molar-refractivity contribution in [2.75, 3.05) is 38.3 Å². The van der Waals surface area contributed by atoms with Crippen molar-refractivity contribution in [1.82, 2.24) is 4.90 Å². The van der Waals surface area contributed by atoms with Gasteiger partial charge in [-0.25, -0.2) is 4.39 Å². The number of allylic oxidation sites excluding steroid dienone is 1. The third kappa shape index (κ3) is 11.4. The number of ether oxygens (including phenoxy) is 1. The standard InChI is InChI=1S/C40H53FN2O8/c1-27-9-11-28(12-10-27)34(45)22-21-33-37(43(40(33)50)31-17-15-30(41)16-18-31)29-13-19-32(20-14-29)51-24-8-6-4-3-5-7-23-42(2)25-35(46)38(48)39(49)36(47)26-44/h3,5,9-20,33-39,44-49H,4,6-8,21-26H2,1-2H3/b5-3+. The summed E-state index contributed by atoms with van der Waals surface area (Å²) in [6.07, 6.45) is 1.88. The summed E-state index contributed by atoms with van der Waals surface area (Å²) >= 11 is 0. The van der Waals surface area contributed by atoms with Crippen molar-refractivity contribution in [3.8, 4) is 5.75 Å². The maximum absolute atomic E-state index is 13.7. The van der Waals surface area contributed by atoms with E-state index >= 15 is 0 Å². The van der Waals surface area contributed by atoms with E-state index in [-0.39, 0.29) is 30.2 Å². The van der Waals surface area contributed by atoms with Gasteiger partial charge < -0.3 is 45.2 Å². The number of nitrogens with zero attached hydrogens (tertiary/aromatic N) is 2. The predicted octanol–water partition coefficient (Wildman–Crippen LogP) is 4.22. The number of halogens is 1. The van der Waals surface area contributed by atoms with E-state index in [0.717, 1.165) is 48.1 Å². The van der Waals surface area contributed by atoms with E-state index in [2.05, 4.69) is 12.2 Å². The van der Waals surface area contributed by atoms with Gasteiger partial charge in [0.25, 0.3) is 0 Å². The summed E-state index contributed by atoms with van der Waals surface area (Å²) in [5.74, 6) is -0.000798. The summed E-state index contributed by atoms with van der Waals surface area (Å²) in [6, 6.07) is 21.2. The zero-order chi connectivity index (χ0) is 36.9. The number of β-lactam (4-membered cyclic amide) rings is 1. The van der Waals surface area contributed by atoms with Crippen LogP contribution in [0.1, 0.15) is 67.4 Å². The first kappa shape index (κ1) is 40.1. The number of aliphatic hydroxyl groups excluding tert-OH is 6. The van der Waals surface area contributed by atoms with Crippen LogP contribution in [0.4, 0.5) is 10.1 Å². The van der Waals surface area contributed by atoms with Gasteiger partial charge in [0.05, 0.1) is 37.4 Å². The number of likely N-dealkylation sites (N-methyl/N-ethyl adjacent to an activating group) is 1. The van der Waals surface area contributed by atoms with Crippen molar-refractivity contribution in [2.24, 2.45) is 5.92 Å². The van der Waals surface area contributed by atoms with Gasteiger partial charge in [-0.3, -0.25) is 4.79 Å². The minimum atomic E-state index is -1.63. The molecule has 1 aliphatic heterocycles. The maximum atomic E-state index is 13.7. The average molecular weight is 709 g/mol. The molecule has 1 fully saturated rings. The Balaban J connectivity index is 1.21. The average Bonchev–Trinajstić information content (AvgIpc) is 3.13. The third-order valence-corrected chi connectivity index (χ3v) is 9.46. The number of rotatable bonds is 21. The number of aliphatic hydroxyl groups is 6. The van der Waals surface area contributed by atoms with Gasteiger partial charge in [0, 0.05) is 18.8 Å². The van der Waals surface area contributed by atoms with Gasteiger partial charge in [0.2, 0.25) is 5.91 Å². The van der Waals surface area contributed by atoms with E-state index in [1.807, 2.05) is 60.4 Å². The number of hydrogen-bond acceptors (Lipinski definition) is 9. The topological polar surface area (TPSA) is 154 Å². The lowest BCUT2D eigenvalue weighted by atomic mass is 9.78. The summed E-state index contributed by atoms with van der Waals surface area (Å²) in [5, 5.41) is 59.0. The normalized spacial score (nSPS) is 19.2. The monoisotopic (exact) mass is 708 g/mol. The number of aryl methyl sites for hydroxylation is 1. The summed E-state index contributed by atoms with van der Waals surface area (Å²) in [5.41, 5.74) is 3.52. The highest BCUT2D eigenvalue weighted by Crippen LogP contribution is 2.46. The SMILES string of the molecule is Cc1ccc(C(O)CCC2C(=O)N(c3ccc(F)cc3)C2c2ccc(OCCCC/C=C/CCN(C)CC(O)C(O)C(O)C(O)CO)cc2)cc1.